The molecule has 0 radical (unpaired) electrons. The van der Waals surface area contributed by atoms with Crippen LogP contribution in [0.4, 0.5) is 0 Å². The van der Waals surface area contributed by atoms with Crippen LogP contribution in [-0.2, 0) is 28.6 Å². The van der Waals surface area contributed by atoms with Crippen LogP contribution >= 0.6 is 0 Å². The summed E-state index contributed by atoms with van der Waals surface area (Å²) in [5.74, 6) is 0.852. The van der Waals surface area contributed by atoms with Gasteiger partial charge in [-0.15, -0.1) is 0 Å². The molecule has 0 unspecified atom stereocenters. The second-order valence-electron chi connectivity index (χ2n) is 20.2. The summed E-state index contributed by atoms with van der Waals surface area (Å²) in [6.45, 7) is 11.4. The lowest BCUT2D eigenvalue weighted by Gasteiger charge is -2.18. The highest BCUT2D eigenvalue weighted by Crippen LogP contribution is 2.18. The maximum Gasteiger partial charge on any atom is 0.306 e. The summed E-state index contributed by atoms with van der Waals surface area (Å²) in [6.07, 6.45) is 51.1. The lowest BCUT2D eigenvalue weighted by Crippen LogP contribution is -2.30. The molecule has 0 spiro atoms. The van der Waals surface area contributed by atoms with E-state index < -0.39 is 6.10 Å². The van der Waals surface area contributed by atoms with Gasteiger partial charge in [-0.2, -0.15) is 0 Å². The fourth-order valence-corrected chi connectivity index (χ4v) is 8.52. The van der Waals surface area contributed by atoms with Crippen molar-refractivity contribution in [2.75, 3.05) is 13.2 Å². The molecular weight excluding hydrogens is 769 g/mol. The third-order valence-corrected chi connectivity index (χ3v) is 12.7. The molecule has 0 saturated carbocycles. The van der Waals surface area contributed by atoms with Gasteiger partial charge in [0.2, 0.25) is 0 Å². The van der Waals surface area contributed by atoms with Gasteiger partial charge in [-0.3, -0.25) is 14.4 Å². The average Bonchev–Trinajstić information content (AvgIpc) is 3.24. The topological polar surface area (TPSA) is 78.9 Å². The lowest BCUT2D eigenvalue weighted by molar-refractivity contribution is -0.167. The zero-order valence-electron chi connectivity index (χ0n) is 42.5. The Bertz CT molecular complexity index is 947. The molecule has 0 amide bonds. The molecule has 62 heavy (non-hydrogen) atoms. The van der Waals surface area contributed by atoms with Crippen molar-refractivity contribution >= 4 is 17.9 Å². The summed E-state index contributed by atoms with van der Waals surface area (Å²) >= 11 is 0. The number of carbonyl (C=O) groups excluding carboxylic acids is 3. The van der Waals surface area contributed by atoms with E-state index >= 15 is 0 Å². The molecule has 0 aliphatic carbocycles. The average molecular weight is 877 g/mol. The highest BCUT2D eigenvalue weighted by atomic mass is 16.6. The van der Waals surface area contributed by atoms with E-state index in [1.807, 2.05) is 0 Å². The van der Waals surface area contributed by atoms with Crippen LogP contribution in [-0.4, -0.2) is 37.2 Å². The number of carbonyl (C=O) groups is 3. The van der Waals surface area contributed by atoms with Gasteiger partial charge < -0.3 is 14.2 Å². The van der Waals surface area contributed by atoms with Crippen molar-refractivity contribution in [1.29, 1.82) is 0 Å². The quantitative estimate of drug-likeness (QED) is 0.0344. The Morgan fingerprint density at radius 2 is 0.532 bits per heavy atom. The smallest absolute Gasteiger partial charge is 0.306 e. The van der Waals surface area contributed by atoms with Gasteiger partial charge in [0.1, 0.15) is 13.2 Å². The molecule has 368 valence electrons. The van der Waals surface area contributed by atoms with Crippen LogP contribution in [0.25, 0.3) is 0 Å². The van der Waals surface area contributed by atoms with Crippen molar-refractivity contribution in [3.8, 4) is 0 Å². The standard InChI is InChI=1S/C56H108O6/c1-6-7-8-9-29-38-43-48-56(59)62-53(50-61-55(58)47-42-37-33-28-24-20-16-12-14-18-22-26-31-35-40-45-52(4)5)49-60-54(57)46-41-36-32-27-23-19-15-11-10-13-17-21-25-30-34-39-44-51(2)3/h51-53H,6-50H2,1-5H3/t53-/m1/s1. The first-order valence-electron chi connectivity index (χ1n) is 27.7. The maximum atomic E-state index is 12.7. The molecular formula is C56H108O6. The summed E-state index contributed by atoms with van der Waals surface area (Å²) in [7, 11) is 0. The molecule has 0 aliphatic rings. The van der Waals surface area contributed by atoms with Gasteiger partial charge in [0.05, 0.1) is 0 Å². The van der Waals surface area contributed by atoms with Crippen LogP contribution in [0.3, 0.4) is 0 Å². The van der Waals surface area contributed by atoms with Gasteiger partial charge in [-0.1, -0.05) is 272 Å². The van der Waals surface area contributed by atoms with Crippen LogP contribution in [0.1, 0.15) is 311 Å². The third-order valence-electron chi connectivity index (χ3n) is 12.7. The van der Waals surface area contributed by atoms with E-state index in [0.29, 0.717) is 19.3 Å². The van der Waals surface area contributed by atoms with Gasteiger partial charge >= 0.3 is 17.9 Å². The lowest BCUT2D eigenvalue weighted by atomic mass is 10.0. The van der Waals surface area contributed by atoms with Crippen LogP contribution in [0, 0.1) is 11.8 Å². The van der Waals surface area contributed by atoms with E-state index in [4.69, 9.17) is 14.2 Å². The first kappa shape index (κ1) is 60.4. The number of unbranched alkanes of at least 4 members (excludes halogenated alkanes) is 35. The van der Waals surface area contributed by atoms with Crippen molar-refractivity contribution in [3.05, 3.63) is 0 Å². The van der Waals surface area contributed by atoms with Crippen LogP contribution in [0.15, 0.2) is 0 Å². The number of hydrogen-bond acceptors (Lipinski definition) is 6. The summed E-state index contributed by atoms with van der Waals surface area (Å²) in [4.78, 5) is 37.9. The SMILES string of the molecule is CCCCCCCCCC(=O)O[C@H](COC(=O)CCCCCCCCCCCCCCCCCCC(C)C)COC(=O)CCCCCCCCCCCCCCCCCC(C)C. The van der Waals surface area contributed by atoms with Crippen molar-refractivity contribution in [3.63, 3.8) is 0 Å². The molecule has 0 aromatic carbocycles. The first-order chi connectivity index (χ1) is 30.2. The molecule has 0 rings (SSSR count). The first-order valence-corrected chi connectivity index (χ1v) is 27.7. The molecule has 0 heterocycles. The molecule has 0 aromatic rings. The van der Waals surface area contributed by atoms with E-state index in [-0.39, 0.29) is 31.1 Å². The van der Waals surface area contributed by atoms with Crippen molar-refractivity contribution in [2.45, 2.75) is 317 Å². The van der Waals surface area contributed by atoms with Crippen molar-refractivity contribution < 1.29 is 28.6 Å². The zero-order chi connectivity index (χ0) is 45.4. The number of esters is 3. The Balaban J connectivity index is 4.11. The van der Waals surface area contributed by atoms with Crippen LogP contribution < -0.4 is 0 Å². The van der Waals surface area contributed by atoms with Gasteiger partial charge in [-0.25, -0.2) is 0 Å². The Morgan fingerprint density at radius 3 is 0.790 bits per heavy atom. The Morgan fingerprint density at radius 1 is 0.306 bits per heavy atom. The molecule has 6 nitrogen and oxygen atoms in total. The fourth-order valence-electron chi connectivity index (χ4n) is 8.52. The largest absolute Gasteiger partial charge is 0.462 e. The van der Waals surface area contributed by atoms with E-state index in [2.05, 4.69) is 34.6 Å². The van der Waals surface area contributed by atoms with Gasteiger partial charge in [-0.05, 0) is 31.1 Å². The molecule has 6 heteroatoms. The number of rotatable bonds is 50. The fraction of sp³-hybridized carbons (Fsp3) is 0.946. The summed E-state index contributed by atoms with van der Waals surface area (Å²) in [5.41, 5.74) is 0. The molecule has 0 fully saturated rings. The van der Waals surface area contributed by atoms with E-state index in [1.54, 1.807) is 0 Å². The van der Waals surface area contributed by atoms with Crippen molar-refractivity contribution in [1.82, 2.24) is 0 Å². The highest BCUT2D eigenvalue weighted by molar-refractivity contribution is 5.71. The van der Waals surface area contributed by atoms with E-state index in [1.165, 1.54) is 199 Å². The zero-order valence-corrected chi connectivity index (χ0v) is 42.5. The number of ether oxygens (including phenoxy) is 3. The minimum Gasteiger partial charge on any atom is -0.462 e. The highest BCUT2D eigenvalue weighted by Gasteiger charge is 2.19. The summed E-state index contributed by atoms with van der Waals surface area (Å²) < 4.78 is 16.8. The Labute approximate surface area is 387 Å². The van der Waals surface area contributed by atoms with E-state index in [0.717, 1.165) is 69.6 Å². The monoisotopic (exact) mass is 877 g/mol. The van der Waals surface area contributed by atoms with Gasteiger partial charge in [0.15, 0.2) is 6.10 Å². The summed E-state index contributed by atoms with van der Waals surface area (Å²) in [6, 6.07) is 0. The van der Waals surface area contributed by atoms with Crippen molar-refractivity contribution in [2.24, 2.45) is 11.8 Å². The Hall–Kier alpha value is -1.59. The molecule has 0 bridgehead atoms. The van der Waals surface area contributed by atoms with Gasteiger partial charge in [0, 0.05) is 19.3 Å². The second kappa shape index (κ2) is 48.9. The van der Waals surface area contributed by atoms with Crippen LogP contribution in [0.2, 0.25) is 0 Å². The molecule has 0 saturated heterocycles. The molecule has 0 N–H and O–H groups in total. The normalized spacial score (nSPS) is 12.0. The molecule has 1 atom stereocenters. The molecule has 0 aliphatic heterocycles. The summed E-state index contributed by atoms with van der Waals surface area (Å²) in [5, 5.41) is 0. The van der Waals surface area contributed by atoms with Crippen LogP contribution in [0.5, 0.6) is 0 Å². The van der Waals surface area contributed by atoms with Gasteiger partial charge in [0.25, 0.3) is 0 Å². The third kappa shape index (κ3) is 49.4. The number of hydrogen-bond donors (Lipinski definition) is 0. The maximum absolute atomic E-state index is 12.7. The second-order valence-corrected chi connectivity index (χ2v) is 20.2. The predicted molar refractivity (Wildman–Crippen MR) is 266 cm³/mol. The predicted octanol–water partition coefficient (Wildman–Crippen LogP) is 18.1. The minimum absolute atomic E-state index is 0.0636. The molecule has 0 aromatic heterocycles. The van der Waals surface area contributed by atoms with E-state index in [9.17, 15) is 14.4 Å². The Kier molecular flexibility index (Phi) is 47.6. The minimum atomic E-state index is -0.760.